The summed E-state index contributed by atoms with van der Waals surface area (Å²) in [6, 6.07) is 7.69. The third kappa shape index (κ3) is 6.48. The lowest BCUT2D eigenvalue weighted by molar-refractivity contribution is 1.04. The smallest absolute Gasteiger partial charge is 0.142 e. The van der Waals surface area contributed by atoms with Gasteiger partial charge in [0.05, 0.1) is 5.69 Å². The average Bonchev–Trinajstić information content (AvgIpc) is 3.04. The van der Waals surface area contributed by atoms with E-state index in [2.05, 4.69) is 15.0 Å². The third-order valence-electron chi connectivity index (χ3n) is 3.17. The van der Waals surface area contributed by atoms with E-state index < -0.39 is 0 Å². The lowest BCUT2D eigenvalue weighted by Crippen LogP contribution is -2.01. The molecular formula is C15H20Cl5N5S. The van der Waals surface area contributed by atoms with Crippen LogP contribution in [0.25, 0.3) is 22.1 Å². The maximum Gasteiger partial charge on any atom is 0.142 e. The molecule has 0 atom stereocenters. The van der Waals surface area contributed by atoms with Crippen LogP contribution in [0.1, 0.15) is 11.1 Å². The number of rotatable bonds is 4. The highest BCUT2D eigenvalue weighted by atomic mass is 35.5. The number of hydrogen-bond acceptors (Lipinski definition) is 6. The Balaban J connectivity index is -0.00000106. The van der Waals surface area contributed by atoms with Gasteiger partial charge in [-0.1, -0.05) is 12.1 Å². The highest BCUT2D eigenvalue weighted by Crippen LogP contribution is 2.29. The fourth-order valence-electron chi connectivity index (χ4n) is 2.12. The van der Waals surface area contributed by atoms with Gasteiger partial charge in [-0.2, -0.15) is 0 Å². The summed E-state index contributed by atoms with van der Waals surface area (Å²) >= 11 is 1.54. The van der Waals surface area contributed by atoms with Crippen molar-refractivity contribution in [1.29, 1.82) is 0 Å². The zero-order valence-electron chi connectivity index (χ0n) is 13.4. The van der Waals surface area contributed by atoms with Gasteiger partial charge >= 0.3 is 0 Å². The van der Waals surface area contributed by atoms with Gasteiger partial charge in [-0.3, -0.25) is 9.97 Å². The predicted octanol–water partition coefficient (Wildman–Crippen LogP) is 4.29. The Kier molecular flexibility index (Phi) is 16.6. The van der Waals surface area contributed by atoms with Crippen molar-refractivity contribution < 1.29 is 0 Å². The molecule has 0 aliphatic rings. The third-order valence-corrected chi connectivity index (χ3v) is 4.02. The summed E-state index contributed by atoms with van der Waals surface area (Å²) in [7, 11) is 0. The summed E-state index contributed by atoms with van der Waals surface area (Å²) in [5, 5.41) is 2.82. The minimum absolute atomic E-state index is 0. The fourth-order valence-corrected chi connectivity index (χ4v) is 2.96. The normalized spacial score (nSPS) is 8.69. The molecule has 3 aromatic heterocycles. The van der Waals surface area contributed by atoms with E-state index in [9.17, 15) is 0 Å². The van der Waals surface area contributed by atoms with E-state index in [1.807, 2.05) is 29.6 Å². The molecule has 0 aliphatic carbocycles. The second-order valence-electron chi connectivity index (χ2n) is 4.47. The van der Waals surface area contributed by atoms with Gasteiger partial charge < -0.3 is 11.5 Å². The first-order chi connectivity index (χ1) is 10.3. The number of aromatic nitrogens is 3. The summed E-state index contributed by atoms with van der Waals surface area (Å²) in [5.41, 5.74) is 16.0. The summed E-state index contributed by atoms with van der Waals surface area (Å²) < 4.78 is 0. The Morgan fingerprint density at radius 3 is 1.81 bits per heavy atom. The molecule has 0 unspecified atom stereocenters. The van der Waals surface area contributed by atoms with Crippen LogP contribution in [-0.4, -0.2) is 15.0 Å². The summed E-state index contributed by atoms with van der Waals surface area (Å²) in [4.78, 5) is 13.4. The predicted molar refractivity (Wildman–Crippen MR) is 121 cm³/mol. The van der Waals surface area contributed by atoms with Crippen LogP contribution in [0.5, 0.6) is 0 Å². The second-order valence-corrected chi connectivity index (χ2v) is 5.33. The number of thiazole rings is 1. The van der Waals surface area contributed by atoms with Crippen LogP contribution >= 0.6 is 73.4 Å². The first kappa shape index (κ1) is 30.0. The molecule has 146 valence electrons. The zero-order chi connectivity index (χ0) is 14.7. The van der Waals surface area contributed by atoms with E-state index in [1.54, 1.807) is 12.4 Å². The highest BCUT2D eigenvalue weighted by molar-refractivity contribution is 7.13. The molecule has 0 bridgehead atoms. The van der Waals surface area contributed by atoms with Crippen LogP contribution in [0.4, 0.5) is 0 Å². The molecule has 0 aromatic carbocycles. The monoisotopic (exact) mass is 477 g/mol. The molecule has 3 aromatic rings. The molecule has 0 saturated heterocycles. The Hall–Kier alpha value is -0.700. The van der Waals surface area contributed by atoms with Crippen molar-refractivity contribution in [2.24, 2.45) is 11.5 Å². The summed E-state index contributed by atoms with van der Waals surface area (Å²) in [5.74, 6) is 0. The SMILES string of the molecule is Cl.Cl.Cl.Cl.Cl.NCc1cccnc1-c1csc(-c2ncccc2CN)n1. The quantitative estimate of drug-likeness (QED) is 0.582. The van der Waals surface area contributed by atoms with Crippen molar-refractivity contribution in [1.82, 2.24) is 15.0 Å². The Bertz CT molecular complexity index is 709. The van der Waals surface area contributed by atoms with E-state index in [0.717, 1.165) is 33.2 Å². The molecule has 0 spiro atoms. The zero-order valence-corrected chi connectivity index (χ0v) is 18.3. The van der Waals surface area contributed by atoms with E-state index in [-0.39, 0.29) is 62.0 Å². The Morgan fingerprint density at radius 1 is 0.769 bits per heavy atom. The number of halogens is 5. The van der Waals surface area contributed by atoms with Crippen LogP contribution in [0.15, 0.2) is 42.0 Å². The maximum absolute atomic E-state index is 5.76. The topological polar surface area (TPSA) is 90.7 Å². The van der Waals surface area contributed by atoms with E-state index in [1.165, 1.54) is 11.3 Å². The van der Waals surface area contributed by atoms with Gasteiger partial charge in [0.2, 0.25) is 0 Å². The van der Waals surface area contributed by atoms with Crippen LogP contribution in [0, 0.1) is 0 Å². The number of hydrogen-bond donors (Lipinski definition) is 2. The molecule has 0 amide bonds. The van der Waals surface area contributed by atoms with Crippen molar-refractivity contribution in [3.8, 4) is 22.1 Å². The van der Waals surface area contributed by atoms with Crippen LogP contribution in [-0.2, 0) is 13.1 Å². The molecular weight excluding hydrogens is 460 g/mol. The summed E-state index contributed by atoms with van der Waals surface area (Å²) in [6.07, 6.45) is 3.50. The molecule has 0 radical (unpaired) electrons. The standard InChI is InChI=1S/C15H15N5S.5ClH/c16-7-10-3-1-5-18-13(10)12-9-21-15(20-12)14-11(8-17)4-2-6-19-14;;;;;/h1-6,9H,7-8,16-17H2;5*1H. The molecule has 4 N–H and O–H groups in total. The minimum atomic E-state index is 0. The molecule has 3 rings (SSSR count). The van der Waals surface area contributed by atoms with Crippen LogP contribution < -0.4 is 11.5 Å². The van der Waals surface area contributed by atoms with Gasteiger partial charge in [-0.05, 0) is 23.3 Å². The number of pyridine rings is 2. The molecule has 26 heavy (non-hydrogen) atoms. The molecule has 5 nitrogen and oxygen atoms in total. The molecule has 0 fully saturated rings. The molecule has 0 aliphatic heterocycles. The lowest BCUT2D eigenvalue weighted by atomic mass is 10.1. The van der Waals surface area contributed by atoms with Gasteiger partial charge in [-0.25, -0.2) is 4.98 Å². The van der Waals surface area contributed by atoms with Gasteiger partial charge in [0.25, 0.3) is 0 Å². The Morgan fingerprint density at radius 2 is 1.27 bits per heavy atom. The van der Waals surface area contributed by atoms with Crippen molar-refractivity contribution in [3.05, 3.63) is 53.2 Å². The van der Waals surface area contributed by atoms with E-state index in [4.69, 9.17) is 11.5 Å². The molecule has 11 heteroatoms. The van der Waals surface area contributed by atoms with Crippen molar-refractivity contribution in [2.45, 2.75) is 13.1 Å². The summed E-state index contributed by atoms with van der Waals surface area (Å²) in [6.45, 7) is 0.878. The minimum Gasteiger partial charge on any atom is -0.326 e. The van der Waals surface area contributed by atoms with E-state index in [0.29, 0.717) is 13.1 Å². The number of nitrogens with two attached hydrogens (primary N) is 2. The van der Waals surface area contributed by atoms with Gasteiger partial charge in [0, 0.05) is 30.9 Å². The number of nitrogens with zero attached hydrogens (tertiary/aromatic N) is 3. The highest BCUT2D eigenvalue weighted by Gasteiger charge is 2.13. The van der Waals surface area contributed by atoms with E-state index >= 15 is 0 Å². The average molecular weight is 480 g/mol. The Labute approximate surface area is 187 Å². The van der Waals surface area contributed by atoms with Gasteiger partial charge in [0.1, 0.15) is 16.4 Å². The second kappa shape index (κ2) is 14.4. The first-order valence-electron chi connectivity index (χ1n) is 6.57. The van der Waals surface area contributed by atoms with Gasteiger partial charge in [0.15, 0.2) is 0 Å². The van der Waals surface area contributed by atoms with Crippen LogP contribution in [0.3, 0.4) is 0 Å². The van der Waals surface area contributed by atoms with Crippen molar-refractivity contribution >= 4 is 73.4 Å². The molecule has 3 heterocycles. The van der Waals surface area contributed by atoms with Crippen molar-refractivity contribution in [2.75, 3.05) is 0 Å². The van der Waals surface area contributed by atoms with Gasteiger partial charge in [-0.15, -0.1) is 73.4 Å². The van der Waals surface area contributed by atoms with Crippen molar-refractivity contribution in [3.63, 3.8) is 0 Å². The molecule has 0 saturated carbocycles. The largest absolute Gasteiger partial charge is 0.326 e. The maximum atomic E-state index is 5.76. The first-order valence-corrected chi connectivity index (χ1v) is 7.45. The lowest BCUT2D eigenvalue weighted by Gasteiger charge is -2.04. The van der Waals surface area contributed by atoms with Crippen LogP contribution in [0.2, 0.25) is 0 Å². The fraction of sp³-hybridized carbons (Fsp3) is 0.133.